The molecule has 1 unspecified atom stereocenters. The molecule has 0 amide bonds. The van der Waals surface area contributed by atoms with E-state index in [0.717, 1.165) is 29.7 Å². The highest BCUT2D eigenvalue weighted by atomic mass is 32.2. The fourth-order valence-corrected chi connectivity index (χ4v) is 3.31. The Morgan fingerprint density at radius 1 is 1.53 bits per heavy atom. The van der Waals surface area contributed by atoms with E-state index >= 15 is 0 Å². The van der Waals surface area contributed by atoms with Crippen molar-refractivity contribution in [1.29, 1.82) is 0 Å². The Kier molecular flexibility index (Phi) is 6.30. The number of rotatable bonds is 7. The number of nitrogens with one attached hydrogen (secondary N) is 1. The molecule has 1 aromatic heterocycles. The molecule has 0 aliphatic rings. The number of anilines is 1. The zero-order valence-corrected chi connectivity index (χ0v) is 13.0. The van der Waals surface area contributed by atoms with Crippen LogP contribution < -0.4 is 10.2 Å². The molecule has 1 atom stereocenters. The van der Waals surface area contributed by atoms with E-state index in [-0.39, 0.29) is 0 Å². The fourth-order valence-electron chi connectivity index (χ4n) is 1.51. The lowest BCUT2D eigenvalue weighted by molar-refractivity contribution is 0.730. The van der Waals surface area contributed by atoms with Crippen LogP contribution >= 0.6 is 23.1 Å². The van der Waals surface area contributed by atoms with Gasteiger partial charge < -0.3 is 10.2 Å². The van der Waals surface area contributed by atoms with Gasteiger partial charge in [-0.15, -0.1) is 11.3 Å². The van der Waals surface area contributed by atoms with Crippen molar-refractivity contribution in [3.63, 3.8) is 0 Å². The van der Waals surface area contributed by atoms with Gasteiger partial charge in [0.1, 0.15) is 0 Å². The van der Waals surface area contributed by atoms with Gasteiger partial charge in [0.2, 0.25) is 0 Å². The van der Waals surface area contributed by atoms with Gasteiger partial charge in [-0.1, -0.05) is 6.92 Å². The molecular formula is C12H23N3S2. The van der Waals surface area contributed by atoms with Crippen LogP contribution in [0.2, 0.25) is 0 Å². The van der Waals surface area contributed by atoms with Crippen molar-refractivity contribution in [1.82, 2.24) is 10.3 Å². The van der Waals surface area contributed by atoms with E-state index in [1.165, 1.54) is 4.88 Å². The Labute approximate surface area is 113 Å². The van der Waals surface area contributed by atoms with Crippen molar-refractivity contribution >= 4 is 28.2 Å². The van der Waals surface area contributed by atoms with Crippen molar-refractivity contribution in [2.75, 3.05) is 30.5 Å². The van der Waals surface area contributed by atoms with Crippen LogP contribution in [0.4, 0.5) is 5.13 Å². The number of hydrogen-bond acceptors (Lipinski definition) is 5. The molecule has 1 heterocycles. The fraction of sp³-hybridized carbons (Fsp3) is 0.750. The first-order chi connectivity index (χ1) is 8.10. The lowest BCUT2D eigenvalue weighted by Gasteiger charge is -2.23. The molecule has 17 heavy (non-hydrogen) atoms. The summed E-state index contributed by atoms with van der Waals surface area (Å²) in [7, 11) is 2.14. The smallest absolute Gasteiger partial charge is 0.185 e. The summed E-state index contributed by atoms with van der Waals surface area (Å²) in [6.45, 7) is 8.41. The first kappa shape index (κ1) is 14.8. The van der Waals surface area contributed by atoms with E-state index in [0.29, 0.717) is 6.04 Å². The van der Waals surface area contributed by atoms with E-state index in [1.807, 2.05) is 11.8 Å². The van der Waals surface area contributed by atoms with Crippen LogP contribution in [0, 0.1) is 6.92 Å². The average Bonchev–Trinajstić information content (AvgIpc) is 2.67. The molecular weight excluding hydrogens is 250 g/mol. The number of aromatic nitrogens is 1. The highest BCUT2D eigenvalue weighted by Gasteiger charge is 2.15. The van der Waals surface area contributed by atoms with Crippen LogP contribution in [0.15, 0.2) is 0 Å². The van der Waals surface area contributed by atoms with E-state index < -0.39 is 0 Å². The zero-order chi connectivity index (χ0) is 12.8. The van der Waals surface area contributed by atoms with Crippen molar-refractivity contribution in [3.8, 4) is 0 Å². The third kappa shape index (κ3) is 4.16. The van der Waals surface area contributed by atoms with Crippen LogP contribution in [0.5, 0.6) is 0 Å². The van der Waals surface area contributed by atoms with E-state index in [9.17, 15) is 0 Å². The van der Waals surface area contributed by atoms with E-state index in [1.54, 1.807) is 11.3 Å². The Morgan fingerprint density at radius 2 is 2.24 bits per heavy atom. The average molecular weight is 273 g/mol. The first-order valence-electron chi connectivity index (χ1n) is 5.98. The maximum Gasteiger partial charge on any atom is 0.185 e. The molecule has 3 nitrogen and oxygen atoms in total. The minimum absolute atomic E-state index is 0.530. The topological polar surface area (TPSA) is 28.2 Å². The molecule has 0 aromatic carbocycles. The third-order valence-electron chi connectivity index (χ3n) is 2.79. The van der Waals surface area contributed by atoms with Gasteiger partial charge in [0.15, 0.2) is 5.13 Å². The molecule has 0 bridgehead atoms. The molecule has 0 saturated heterocycles. The Morgan fingerprint density at radius 3 is 2.82 bits per heavy atom. The summed E-state index contributed by atoms with van der Waals surface area (Å²) in [6, 6.07) is 0.530. The quantitative estimate of drug-likeness (QED) is 0.827. The number of aryl methyl sites for hydroxylation is 1. The van der Waals surface area contributed by atoms with E-state index in [2.05, 4.69) is 49.3 Å². The summed E-state index contributed by atoms with van der Waals surface area (Å²) in [5.74, 6) is 1.14. The van der Waals surface area contributed by atoms with Gasteiger partial charge >= 0.3 is 0 Å². The summed E-state index contributed by atoms with van der Waals surface area (Å²) in [6.07, 6.45) is 2.15. The van der Waals surface area contributed by atoms with Gasteiger partial charge in [0.25, 0.3) is 0 Å². The Bertz CT molecular complexity index is 338. The summed E-state index contributed by atoms with van der Waals surface area (Å²) < 4.78 is 0. The summed E-state index contributed by atoms with van der Waals surface area (Å²) in [5, 5.41) is 4.50. The van der Waals surface area contributed by atoms with Gasteiger partial charge in [-0.2, -0.15) is 11.8 Å². The lowest BCUT2D eigenvalue weighted by Crippen LogP contribution is -2.30. The van der Waals surface area contributed by atoms with Crippen LogP contribution in [-0.2, 0) is 6.54 Å². The molecule has 0 radical (unpaired) electrons. The summed E-state index contributed by atoms with van der Waals surface area (Å²) in [5.41, 5.74) is 1.16. The van der Waals surface area contributed by atoms with Gasteiger partial charge in [-0.3, -0.25) is 0 Å². The molecule has 0 saturated carbocycles. The Balaban J connectivity index is 2.71. The lowest BCUT2D eigenvalue weighted by atomic mass is 10.3. The minimum atomic E-state index is 0.530. The molecule has 98 valence electrons. The van der Waals surface area contributed by atoms with Gasteiger partial charge in [-0.25, -0.2) is 4.98 Å². The molecule has 1 N–H and O–H groups in total. The molecule has 0 fully saturated rings. The SMILES string of the molecule is CCNCc1sc(N(C)C(C)CSC)nc1C. The molecule has 0 aliphatic carbocycles. The Hall–Kier alpha value is -0.260. The highest BCUT2D eigenvalue weighted by molar-refractivity contribution is 7.98. The van der Waals surface area contributed by atoms with Crippen molar-refractivity contribution in [2.45, 2.75) is 33.4 Å². The summed E-state index contributed by atoms with van der Waals surface area (Å²) in [4.78, 5) is 8.30. The second-order valence-corrected chi connectivity index (χ2v) is 6.17. The zero-order valence-electron chi connectivity index (χ0n) is 11.4. The second kappa shape index (κ2) is 7.24. The van der Waals surface area contributed by atoms with Gasteiger partial charge in [-0.05, 0) is 26.6 Å². The van der Waals surface area contributed by atoms with E-state index in [4.69, 9.17) is 0 Å². The van der Waals surface area contributed by atoms with Crippen LogP contribution in [0.3, 0.4) is 0 Å². The monoisotopic (exact) mass is 273 g/mol. The third-order valence-corrected chi connectivity index (χ3v) is 4.85. The highest BCUT2D eigenvalue weighted by Crippen LogP contribution is 2.26. The minimum Gasteiger partial charge on any atom is -0.348 e. The molecule has 5 heteroatoms. The number of nitrogens with zero attached hydrogens (tertiary/aromatic N) is 2. The van der Waals surface area contributed by atoms with Crippen molar-refractivity contribution < 1.29 is 0 Å². The van der Waals surface area contributed by atoms with Crippen LogP contribution in [0.25, 0.3) is 0 Å². The molecule has 0 aliphatic heterocycles. The molecule has 0 spiro atoms. The predicted molar refractivity (Wildman–Crippen MR) is 80.5 cm³/mol. The van der Waals surface area contributed by atoms with Gasteiger partial charge in [0, 0.05) is 30.3 Å². The standard InChI is InChI=1S/C12H23N3S2/c1-6-13-7-11-10(3)14-12(17-11)15(4)9(2)8-16-5/h9,13H,6-8H2,1-5H3. The number of thiazole rings is 1. The van der Waals surface area contributed by atoms with Crippen LogP contribution in [-0.4, -0.2) is 36.6 Å². The number of hydrogen-bond donors (Lipinski definition) is 1. The van der Waals surface area contributed by atoms with Crippen LogP contribution in [0.1, 0.15) is 24.4 Å². The van der Waals surface area contributed by atoms with Crippen molar-refractivity contribution in [2.24, 2.45) is 0 Å². The largest absolute Gasteiger partial charge is 0.348 e. The first-order valence-corrected chi connectivity index (χ1v) is 8.20. The normalized spacial score (nSPS) is 12.8. The second-order valence-electron chi connectivity index (χ2n) is 4.20. The molecule has 1 rings (SSSR count). The van der Waals surface area contributed by atoms with Gasteiger partial charge in [0.05, 0.1) is 5.69 Å². The summed E-state index contributed by atoms with van der Waals surface area (Å²) >= 11 is 3.69. The molecule has 1 aromatic rings. The van der Waals surface area contributed by atoms with Crippen molar-refractivity contribution in [3.05, 3.63) is 10.6 Å². The maximum absolute atomic E-state index is 4.66. The predicted octanol–water partition coefficient (Wildman–Crippen LogP) is 2.75. The maximum atomic E-state index is 4.66. The number of thioether (sulfide) groups is 1.